The minimum absolute atomic E-state index is 0.0459. The fraction of sp³-hybridized carbons (Fsp3) is 0.318. The molecular formula is C22H19Cl2F3N4O2. The lowest BCUT2D eigenvalue weighted by atomic mass is 9.97. The first-order valence-electron chi connectivity index (χ1n) is 10.2. The number of carbonyl (C=O) groups is 1. The van der Waals surface area contributed by atoms with Crippen molar-refractivity contribution in [3.63, 3.8) is 0 Å². The fourth-order valence-corrected chi connectivity index (χ4v) is 3.96. The molecule has 1 aromatic heterocycles. The number of benzene rings is 2. The highest BCUT2D eigenvalue weighted by molar-refractivity contribution is 6.33. The van der Waals surface area contributed by atoms with Gasteiger partial charge in [0.25, 0.3) is 0 Å². The van der Waals surface area contributed by atoms with Crippen molar-refractivity contribution in [3.8, 4) is 11.4 Å². The van der Waals surface area contributed by atoms with Crippen LogP contribution in [-0.4, -0.2) is 34.0 Å². The predicted molar refractivity (Wildman–Crippen MR) is 118 cm³/mol. The number of alkyl halides is 3. The Labute approximate surface area is 197 Å². The zero-order valence-electron chi connectivity index (χ0n) is 17.2. The van der Waals surface area contributed by atoms with E-state index < -0.39 is 17.7 Å². The number of halogens is 5. The van der Waals surface area contributed by atoms with Gasteiger partial charge in [0.05, 0.1) is 28.7 Å². The van der Waals surface area contributed by atoms with Crippen LogP contribution in [0.1, 0.15) is 24.3 Å². The van der Waals surface area contributed by atoms with Gasteiger partial charge in [-0.05, 0) is 61.9 Å². The second-order valence-corrected chi connectivity index (χ2v) is 8.62. The molecule has 1 amide bonds. The first-order valence-corrected chi connectivity index (χ1v) is 10.9. The third-order valence-electron chi connectivity index (χ3n) is 5.36. The maximum atomic E-state index is 13.0. The highest BCUT2D eigenvalue weighted by Gasteiger charge is 2.32. The highest BCUT2D eigenvalue weighted by Crippen LogP contribution is 2.34. The molecule has 4 rings (SSSR count). The van der Waals surface area contributed by atoms with Crippen molar-refractivity contribution in [2.75, 3.05) is 18.4 Å². The van der Waals surface area contributed by atoms with Crippen LogP contribution in [0, 0.1) is 5.92 Å². The summed E-state index contributed by atoms with van der Waals surface area (Å²) < 4.78 is 44.3. The van der Waals surface area contributed by atoms with Gasteiger partial charge in [0.2, 0.25) is 17.6 Å². The fourth-order valence-electron chi connectivity index (χ4n) is 3.67. The Balaban J connectivity index is 1.39. The normalized spacial score (nSPS) is 17.2. The van der Waals surface area contributed by atoms with Gasteiger partial charge in [-0.1, -0.05) is 28.4 Å². The van der Waals surface area contributed by atoms with E-state index in [1.54, 1.807) is 24.3 Å². The van der Waals surface area contributed by atoms with Gasteiger partial charge in [-0.2, -0.15) is 18.2 Å². The van der Waals surface area contributed by atoms with Gasteiger partial charge >= 0.3 is 6.18 Å². The summed E-state index contributed by atoms with van der Waals surface area (Å²) in [5.41, 5.74) is -0.165. The summed E-state index contributed by atoms with van der Waals surface area (Å²) >= 11 is 11.9. The summed E-state index contributed by atoms with van der Waals surface area (Å²) in [6, 6.07) is 9.89. The van der Waals surface area contributed by atoms with Crippen molar-refractivity contribution in [3.05, 3.63) is 64.0 Å². The zero-order valence-corrected chi connectivity index (χ0v) is 18.7. The quantitative estimate of drug-likeness (QED) is 0.473. The second kappa shape index (κ2) is 9.70. The van der Waals surface area contributed by atoms with Crippen LogP contribution in [0.5, 0.6) is 0 Å². The average Bonchev–Trinajstić information content (AvgIpc) is 3.23. The molecule has 3 aromatic rings. The standard InChI is InChI=1S/C22H19Cl2F3N4O2/c23-16-6-3-13(4-7-16)20-29-19(33-30-20)12-31-9-1-2-14(11-31)21(32)28-18-10-15(22(25,26)27)5-8-17(18)24/h3-8,10,14H,1-2,9,11-12H2,(H,28,32). The third kappa shape index (κ3) is 5.85. The summed E-state index contributed by atoms with van der Waals surface area (Å²) in [6.45, 7) is 1.49. The van der Waals surface area contributed by atoms with E-state index in [1.165, 1.54) is 0 Å². The molecule has 1 unspecified atom stereocenters. The number of likely N-dealkylation sites (tertiary alicyclic amines) is 1. The topological polar surface area (TPSA) is 71.3 Å². The largest absolute Gasteiger partial charge is 0.416 e. The molecule has 1 fully saturated rings. The van der Waals surface area contributed by atoms with Crippen LogP contribution in [0.3, 0.4) is 0 Å². The second-order valence-electron chi connectivity index (χ2n) is 7.77. The lowest BCUT2D eigenvalue weighted by Crippen LogP contribution is -2.40. The van der Waals surface area contributed by atoms with Crippen LogP contribution < -0.4 is 5.32 Å². The third-order valence-corrected chi connectivity index (χ3v) is 5.94. The highest BCUT2D eigenvalue weighted by atomic mass is 35.5. The van der Waals surface area contributed by atoms with Crippen molar-refractivity contribution in [1.29, 1.82) is 0 Å². The number of aromatic nitrogens is 2. The first-order chi connectivity index (χ1) is 15.7. The number of nitrogens with zero attached hydrogens (tertiary/aromatic N) is 3. The van der Waals surface area contributed by atoms with Crippen LogP contribution in [0.2, 0.25) is 10.0 Å². The van der Waals surface area contributed by atoms with Gasteiger partial charge in [0.15, 0.2) is 0 Å². The van der Waals surface area contributed by atoms with E-state index in [0.717, 1.165) is 36.7 Å². The van der Waals surface area contributed by atoms with E-state index in [1.807, 2.05) is 4.90 Å². The Hall–Kier alpha value is -2.62. The molecule has 1 aliphatic rings. The number of amides is 1. The summed E-state index contributed by atoms with van der Waals surface area (Å²) in [5, 5.41) is 7.18. The van der Waals surface area contributed by atoms with Crippen molar-refractivity contribution < 1.29 is 22.5 Å². The molecule has 0 radical (unpaired) electrons. The van der Waals surface area contributed by atoms with Crippen molar-refractivity contribution in [2.45, 2.75) is 25.6 Å². The number of anilines is 1. The minimum atomic E-state index is -4.53. The van der Waals surface area contributed by atoms with Gasteiger partial charge in [0, 0.05) is 17.1 Å². The summed E-state index contributed by atoms with van der Waals surface area (Å²) in [4.78, 5) is 19.2. The number of piperidine rings is 1. The van der Waals surface area contributed by atoms with Crippen molar-refractivity contribution in [2.24, 2.45) is 5.92 Å². The van der Waals surface area contributed by atoms with Crippen LogP contribution >= 0.6 is 23.2 Å². The predicted octanol–water partition coefficient (Wildman–Crippen LogP) is 5.91. The molecule has 0 aliphatic carbocycles. The maximum Gasteiger partial charge on any atom is 0.416 e. The monoisotopic (exact) mass is 498 g/mol. The SMILES string of the molecule is O=C(Nc1cc(C(F)(F)F)ccc1Cl)C1CCCN(Cc2nc(-c3ccc(Cl)cc3)no2)C1. The van der Waals surface area contributed by atoms with E-state index in [0.29, 0.717) is 36.2 Å². The molecule has 174 valence electrons. The molecule has 6 nitrogen and oxygen atoms in total. The first kappa shape index (κ1) is 23.5. The average molecular weight is 499 g/mol. The Morgan fingerprint density at radius 1 is 1.18 bits per heavy atom. The molecule has 2 aromatic carbocycles. The van der Waals surface area contributed by atoms with Crippen LogP contribution in [-0.2, 0) is 17.5 Å². The Morgan fingerprint density at radius 3 is 2.67 bits per heavy atom. The smallest absolute Gasteiger partial charge is 0.338 e. The van der Waals surface area contributed by atoms with E-state index >= 15 is 0 Å². The summed E-state index contributed by atoms with van der Waals surface area (Å²) in [6.07, 6.45) is -3.17. The van der Waals surface area contributed by atoms with Gasteiger partial charge in [-0.15, -0.1) is 0 Å². The molecular weight excluding hydrogens is 480 g/mol. The molecule has 1 aliphatic heterocycles. The van der Waals surface area contributed by atoms with Crippen LogP contribution in [0.25, 0.3) is 11.4 Å². The van der Waals surface area contributed by atoms with E-state index in [4.69, 9.17) is 27.7 Å². The van der Waals surface area contributed by atoms with Crippen LogP contribution in [0.15, 0.2) is 47.0 Å². The molecule has 1 atom stereocenters. The molecule has 11 heteroatoms. The molecule has 1 N–H and O–H groups in total. The maximum absolute atomic E-state index is 13.0. The molecule has 0 saturated carbocycles. The van der Waals surface area contributed by atoms with Gasteiger partial charge in [-0.3, -0.25) is 9.69 Å². The van der Waals surface area contributed by atoms with E-state index in [-0.39, 0.29) is 16.6 Å². The van der Waals surface area contributed by atoms with Crippen molar-refractivity contribution >= 4 is 34.8 Å². The molecule has 0 bridgehead atoms. The van der Waals surface area contributed by atoms with Gasteiger partial charge in [0.1, 0.15) is 0 Å². The molecule has 1 saturated heterocycles. The summed E-state index contributed by atoms with van der Waals surface area (Å²) in [5.74, 6) is 0.0467. The van der Waals surface area contributed by atoms with E-state index in [9.17, 15) is 18.0 Å². The number of hydrogen-bond donors (Lipinski definition) is 1. The number of carbonyl (C=O) groups excluding carboxylic acids is 1. The zero-order chi connectivity index (χ0) is 23.6. The number of hydrogen-bond acceptors (Lipinski definition) is 5. The Bertz CT molecular complexity index is 1140. The molecule has 2 heterocycles. The van der Waals surface area contributed by atoms with Crippen molar-refractivity contribution in [1.82, 2.24) is 15.0 Å². The Morgan fingerprint density at radius 2 is 1.94 bits per heavy atom. The number of rotatable bonds is 5. The lowest BCUT2D eigenvalue weighted by Gasteiger charge is -2.31. The molecule has 33 heavy (non-hydrogen) atoms. The molecule has 0 spiro atoms. The van der Waals surface area contributed by atoms with Gasteiger partial charge in [-0.25, -0.2) is 0 Å². The Kier molecular flexibility index (Phi) is 6.92. The summed E-state index contributed by atoms with van der Waals surface area (Å²) in [7, 11) is 0. The number of nitrogens with one attached hydrogen (secondary N) is 1. The minimum Gasteiger partial charge on any atom is -0.338 e. The van der Waals surface area contributed by atoms with Gasteiger partial charge < -0.3 is 9.84 Å². The van der Waals surface area contributed by atoms with Crippen LogP contribution in [0.4, 0.5) is 18.9 Å². The lowest BCUT2D eigenvalue weighted by molar-refractivity contribution is -0.137. The van der Waals surface area contributed by atoms with E-state index in [2.05, 4.69) is 15.5 Å².